The number of nitrogens with two attached hydrogens (primary N) is 1. The summed E-state index contributed by atoms with van der Waals surface area (Å²) in [6.45, 7) is 4.07. The van der Waals surface area contributed by atoms with Crippen LogP contribution in [0.2, 0.25) is 0 Å². The van der Waals surface area contributed by atoms with Crippen LogP contribution in [0.15, 0.2) is 18.2 Å². The summed E-state index contributed by atoms with van der Waals surface area (Å²) in [5.41, 5.74) is 5.50. The first kappa shape index (κ1) is 14.9. The number of hydrogen-bond acceptors (Lipinski definition) is 3. The number of halogens is 1. The van der Waals surface area contributed by atoms with E-state index >= 15 is 0 Å². The Hall–Kier alpha value is -2.11. The van der Waals surface area contributed by atoms with Crippen molar-refractivity contribution in [2.24, 2.45) is 0 Å². The predicted octanol–water partition coefficient (Wildman–Crippen LogP) is 1.05. The maximum atomic E-state index is 13.0. The third-order valence-electron chi connectivity index (χ3n) is 2.55. The van der Waals surface area contributed by atoms with Gasteiger partial charge in [0.2, 0.25) is 5.91 Å². The molecule has 1 unspecified atom stereocenters. The van der Waals surface area contributed by atoms with E-state index in [4.69, 9.17) is 5.73 Å². The van der Waals surface area contributed by atoms with E-state index in [0.29, 0.717) is 6.54 Å². The number of amides is 2. The van der Waals surface area contributed by atoms with Crippen LogP contribution < -0.4 is 16.4 Å². The summed E-state index contributed by atoms with van der Waals surface area (Å²) in [7, 11) is 0. The Balaban J connectivity index is 2.63. The number of rotatable bonds is 5. The molecule has 0 aliphatic rings. The van der Waals surface area contributed by atoms with E-state index in [2.05, 4.69) is 10.6 Å². The lowest BCUT2D eigenvalue weighted by Gasteiger charge is -2.14. The van der Waals surface area contributed by atoms with Crippen LogP contribution in [0.4, 0.5) is 10.1 Å². The smallest absolute Gasteiger partial charge is 0.251 e. The van der Waals surface area contributed by atoms with Gasteiger partial charge in [0.25, 0.3) is 5.91 Å². The van der Waals surface area contributed by atoms with Crippen molar-refractivity contribution in [1.29, 1.82) is 0 Å². The molecule has 5 nitrogen and oxygen atoms in total. The van der Waals surface area contributed by atoms with Crippen LogP contribution in [-0.2, 0) is 4.79 Å². The van der Waals surface area contributed by atoms with Crippen LogP contribution >= 0.6 is 0 Å². The molecular weight excluding hydrogens is 249 g/mol. The lowest BCUT2D eigenvalue weighted by Crippen LogP contribution is -2.45. The van der Waals surface area contributed by atoms with Crippen molar-refractivity contribution >= 4 is 17.5 Å². The minimum atomic E-state index is -0.662. The van der Waals surface area contributed by atoms with E-state index in [0.717, 1.165) is 12.5 Å². The highest BCUT2D eigenvalue weighted by molar-refractivity contribution is 5.98. The largest absolute Gasteiger partial charge is 0.396 e. The molecule has 1 rings (SSSR count). The van der Waals surface area contributed by atoms with Crippen molar-refractivity contribution in [2.45, 2.75) is 26.3 Å². The summed E-state index contributed by atoms with van der Waals surface area (Å²) in [6, 6.07) is 3.01. The summed E-state index contributed by atoms with van der Waals surface area (Å²) in [4.78, 5) is 23.4. The number of carbonyl (C=O) groups is 2. The summed E-state index contributed by atoms with van der Waals surface area (Å²) < 4.78 is 13.0. The maximum absolute atomic E-state index is 13.0. The number of anilines is 1. The van der Waals surface area contributed by atoms with Crippen LogP contribution in [0.1, 0.15) is 30.6 Å². The van der Waals surface area contributed by atoms with Gasteiger partial charge in [0.1, 0.15) is 11.9 Å². The summed E-state index contributed by atoms with van der Waals surface area (Å²) >= 11 is 0. The van der Waals surface area contributed by atoms with Crippen molar-refractivity contribution in [3.05, 3.63) is 29.6 Å². The zero-order valence-corrected chi connectivity index (χ0v) is 11.0. The zero-order valence-electron chi connectivity index (χ0n) is 11.0. The quantitative estimate of drug-likeness (QED) is 0.697. The standard InChI is InChI=1S/C13H18FN3O2/c1-3-6-16-12(18)8(2)17-13(19)9-4-5-10(14)11(15)7-9/h4-5,7-8H,3,6,15H2,1-2H3,(H,16,18)(H,17,19). The van der Waals surface area contributed by atoms with Gasteiger partial charge >= 0.3 is 0 Å². The highest BCUT2D eigenvalue weighted by Crippen LogP contribution is 2.12. The van der Waals surface area contributed by atoms with Gasteiger partial charge < -0.3 is 16.4 Å². The monoisotopic (exact) mass is 267 g/mol. The first-order chi connectivity index (χ1) is 8.95. The normalized spacial score (nSPS) is 11.7. The molecule has 0 fully saturated rings. The predicted molar refractivity (Wildman–Crippen MR) is 71.0 cm³/mol. The third kappa shape index (κ3) is 4.24. The molecule has 1 aromatic rings. The number of hydrogen-bond donors (Lipinski definition) is 3. The molecule has 0 spiro atoms. The SMILES string of the molecule is CCCNC(=O)C(C)NC(=O)c1ccc(F)c(N)c1. The van der Waals surface area contributed by atoms with E-state index in [1.54, 1.807) is 6.92 Å². The van der Waals surface area contributed by atoms with Crippen LogP contribution in [0.25, 0.3) is 0 Å². The average molecular weight is 267 g/mol. The van der Waals surface area contributed by atoms with Gasteiger partial charge in [-0.2, -0.15) is 0 Å². The summed E-state index contributed by atoms with van der Waals surface area (Å²) in [5.74, 6) is -1.30. The van der Waals surface area contributed by atoms with Crippen LogP contribution in [0.5, 0.6) is 0 Å². The molecule has 2 amide bonds. The molecule has 1 aromatic carbocycles. The van der Waals surface area contributed by atoms with Crippen molar-refractivity contribution in [3.63, 3.8) is 0 Å². The number of nitrogens with one attached hydrogen (secondary N) is 2. The van der Waals surface area contributed by atoms with E-state index in [9.17, 15) is 14.0 Å². The molecular formula is C13H18FN3O2. The van der Waals surface area contributed by atoms with Crippen molar-refractivity contribution in [3.8, 4) is 0 Å². The Morgan fingerprint density at radius 2 is 2.11 bits per heavy atom. The van der Waals surface area contributed by atoms with Crippen molar-refractivity contribution in [1.82, 2.24) is 10.6 Å². The van der Waals surface area contributed by atoms with Gasteiger partial charge in [0.15, 0.2) is 0 Å². The zero-order chi connectivity index (χ0) is 14.4. The molecule has 0 aromatic heterocycles. The van der Waals surface area contributed by atoms with Crippen LogP contribution in [0, 0.1) is 5.82 Å². The molecule has 104 valence electrons. The van der Waals surface area contributed by atoms with Crippen molar-refractivity contribution < 1.29 is 14.0 Å². The fourth-order valence-corrected chi connectivity index (χ4v) is 1.43. The Morgan fingerprint density at radius 1 is 1.42 bits per heavy atom. The van der Waals surface area contributed by atoms with Gasteiger partial charge in [0, 0.05) is 12.1 Å². The Kier molecular flexibility index (Phi) is 5.29. The lowest BCUT2D eigenvalue weighted by molar-refractivity contribution is -0.122. The maximum Gasteiger partial charge on any atom is 0.251 e. The lowest BCUT2D eigenvalue weighted by atomic mass is 10.1. The van der Waals surface area contributed by atoms with Crippen LogP contribution in [-0.4, -0.2) is 24.4 Å². The average Bonchev–Trinajstić information content (AvgIpc) is 2.38. The van der Waals surface area contributed by atoms with E-state index in [1.807, 2.05) is 6.92 Å². The molecule has 6 heteroatoms. The molecule has 0 aliphatic carbocycles. The van der Waals surface area contributed by atoms with E-state index in [1.165, 1.54) is 12.1 Å². The molecule has 0 radical (unpaired) electrons. The number of nitrogen functional groups attached to an aromatic ring is 1. The Morgan fingerprint density at radius 3 is 2.68 bits per heavy atom. The first-order valence-corrected chi connectivity index (χ1v) is 6.09. The van der Waals surface area contributed by atoms with Gasteiger partial charge in [-0.1, -0.05) is 6.92 Å². The van der Waals surface area contributed by atoms with Gasteiger partial charge in [-0.25, -0.2) is 4.39 Å². The second-order valence-corrected chi connectivity index (χ2v) is 4.22. The third-order valence-corrected chi connectivity index (χ3v) is 2.55. The van der Waals surface area contributed by atoms with Crippen molar-refractivity contribution in [2.75, 3.05) is 12.3 Å². The number of benzene rings is 1. The van der Waals surface area contributed by atoms with E-state index < -0.39 is 17.8 Å². The van der Waals surface area contributed by atoms with Gasteiger partial charge in [0.05, 0.1) is 5.69 Å². The fraction of sp³-hybridized carbons (Fsp3) is 0.385. The first-order valence-electron chi connectivity index (χ1n) is 6.09. The highest BCUT2D eigenvalue weighted by Gasteiger charge is 2.16. The van der Waals surface area contributed by atoms with E-state index in [-0.39, 0.29) is 17.2 Å². The minimum absolute atomic E-state index is 0.101. The molecule has 0 aliphatic heterocycles. The van der Waals surface area contributed by atoms with Gasteiger partial charge in [-0.3, -0.25) is 9.59 Å². The topological polar surface area (TPSA) is 84.2 Å². The molecule has 0 heterocycles. The second kappa shape index (κ2) is 6.72. The summed E-state index contributed by atoms with van der Waals surface area (Å²) in [5, 5.41) is 5.19. The molecule has 1 atom stereocenters. The summed E-state index contributed by atoms with van der Waals surface area (Å²) in [6.07, 6.45) is 0.820. The molecule has 4 N–H and O–H groups in total. The Labute approximate surface area is 111 Å². The molecule has 0 saturated carbocycles. The minimum Gasteiger partial charge on any atom is -0.396 e. The van der Waals surface area contributed by atoms with Gasteiger partial charge in [-0.05, 0) is 31.5 Å². The van der Waals surface area contributed by atoms with Crippen LogP contribution in [0.3, 0.4) is 0 Å². The molecule has 0 bridgehead atoms. The molecule has 0 saturated heterocycles. The second-order valence-electron chi connectivity index (χ2n) is 4.22. The molecule has 19 heavy (non-hydrogen) atoms. The number of carbonyl (C=O) groups excluding carboxylic acids is 2. The Bertz CT molecular complexity index is 477. The highest BCUT2D eigenvalue weighted by atomic mass is 19.1. The fourth-order valence-electron chi connectivity index (χ4n) is 1.43. The van der Waals surface area contributed by atoms with Gasteiger partial charge in [-0.15, -0.1) is 0 Å².